The van der Waals surface area contributed by atoms with Crippen molar-refractivity contribution in [1.29, 1.82) is 0 Å². The van der Waals surface area contributed by atoms with Gasteiger partial charge in [-0.05, 0) is 47.3 Å². The number of rotatable bonds is 5. The summed E-state index contributed by atoms with van der Waals surface area (Å²) in [6.45, 7) is 0. The maximum Gasteiger partial charge on any atom is 0.168 e. The zero-order valence-electron chi connectivity index (χ0n) is 13.3. The van der Waals surface area contributed by atoms with Gasteiger partial charge in [-0.1, -0.05) is 12.1 Å². The van der Waals surface area contributed by atoms with E-state index in [0.29, 0.717) is 0 Å². The van der Waals surface area contributed by atoms with Gasteiger partial charge >= 0.3 is 0 Å². The summed E-state index contributed by atoms with van der Waals surface area (Å²) >= 11 is 1.71. The van der Waals surface area contributed by atoms with E-state index in [9.17, 15) is 0 Å². The third-order valence-electron chi connectivity index (χ3n) is 3.71. The molecule has 4 heteroatoms. The zero-order chi connectivity index (χ0) is 16.2. The Balaban J connectivity index is 2.11. The summed E-state index contributed by atoms with van der Waals surface area (Å²) in [5, 5.41) is 2.09. The normalized spacial score (nSPS) is 10.4. The molecule has 1 heterocycles. The molecule has 1 aromatic heterocycles. The minimum absolute atomic E-state index is 0.733. The summed E-state index contributed by atoms with van der Waals surface area (Å²) in [5.74, 6) is 2.34. The van der Waals surface area contributed by atoms with Crippen LogP contribution in [0.5, 0.6) is 17.2 Å². The summed E-state index contributed by atoms with van der Waals surface area (Å²) in [4.78, 5) is 1.19. The van der Waals surface area contributed by atoms with E-state index in [2.05, 4.69) is 29.6 Å². The number of para-hydroxylation sites is 1. The van der Waals surface area contributed by atoms with Gasteiger partial charge in [0.15, 0.2) is 11.5 Å². The molecule has 0 saturated heterocycles. The Labute approximate surface area is 140 Å². The number of thiophene rings is 1. The van der Waals surface area contributed by atoms with E-state index < -0.39 is 0 Å². The molecule has 3 rings (SSSR count). The lowest BCUT2D eigenvalue weighted by molar-refractivity contribution is 0.356. The van der Waals surface area contributed by atoms with Crippen molar-refractivity contribution in [3.05, 3.63) is 53.9 Å². The van der Waals surface area contributed by atoms with Gasteiger partial charge in [0.25, 0.3) is 0 Å². The molecule has 0 aliphatic heterocycles. The Morgan fingerprint density at radius 3 is 2.17 bits per heavy atom. The number of hydrogen-bond acceptors (Lipinski definition) is 4. The maximum absolute atomic E-state index is 5.58. The Morgan fingerprint density at radius 2 is 1.52 bits per heavy atom. The Kier molecular flexibility index (Phi) is 4.53. The molecule has 0 aliphatic rings. The molecule has 0 N–H and O–H groups in total. The standard InChI is InChI=1S/C19H18O3S/c1-20-14-9-7-13(8-10-14)19-16(11-12-23-19)15-5-4-6-17(21-2)18(15)22-3/h4-12H,1-3H3. The van der Waals surface area contributed by atoms with Gasteiger partial charge in [0.05, 0.1) is 21.3 Å². The van der Waals surface area contributed by atoms with E-state index >= 15 is 0 Å². The fourth-order valence-electron chi connectivity index (χ4n) is 2.59. The molecule has 0 spiro atoms. The molecule has 0 fully saturated rings. The molecule has 23 heavy (non-hydrogen) atoms. The lowest BCUT2D eigenvalue weighted by Crippen LogP contribution is -1.93. The van der Waals surface area contributed by atoms with Crippen LogP contribution in [0.1, 0.15) is 0 Å². The molecule has 0 radical (unpaired) electrons. The van der Waals surface area contributed by atoms with Crippen molar-refractivity contribution in [3.63, 3.8) is 0 Å². The maximum atomic E-state index is 5.58. The van der Waals surface area contributed by atoms with Gasteiger partial charge in [-0.2, -0.15) is 0 Å². The number of ether oxygens (including phenoxy) is 3. The molecule has 0 saturated carbocycles. The SMILES string of the molecule is COc1ccc(-c2sccc2-c2cccc(OC)c2OC)cc1. The Morgan fingerprint density at radius 1 is 0.739 bits per heavy atom. The summed E-state index contributed by atoms with van der Waals surface area (Å²) in [5.41, 5.74) is 3.32. The first kappa shape index (κ1) is 15.4. The second-order valence-corrected chi connectivity index (χ2v) is 5.85. The van der Waals surface area contributed by atoms with Crippen LogP contribution in [0.3, 0.4) is 0 Å². The first-order chi connectivity index (χ1) is 11.3. The topological polar surface area (TPSA) is 27.7 Å². The van der Waals surface area contributed by atoms with Crippen molar-refractivity contribution in [3.8, 4) is 38.8 Å². The van der Waals surface area contributed by atoms with Crippen LogP contribution in [0.25, 0.3) is 21.6 Å². The molecule has 0 unspecified atom stereocenters. The molecular formula is C19H18O3S. The second kappa shape index (κ2) is 6.75. The molecular weight excluding hydrogens is 308 g/mol. The highest BCUT2D eigenvalue weighted by Gasteiger charge is 2.16. The largest absolute Gasteiger partial charge is 0.497 e. The van der Waals surface area contributed by atoms with E-state index in [4.69, 9.17) is 14.2 Å². The zero-order valence-corrected chi connectivity index (χ0v) is 14.1. The van der Waals surface area contributed by atoms with Crippen LogP contribution in [0, 0.1) is 0 Å². The first-order valence-corrected chi connectivity index (χ1v) is 8.09. The lowest BCUT2D eigenvalue weighted by atomic mass is 10.0. The van der Waals surface area contributed by atoms with E-state index in [0.717, 1.165) is 33.9 Å². The molecule has 118 valence electrons. The van der Waals surface area contributed by atoms with E-state index in [-0.39, 0.29) is 0 Å². The van der Waals surface area contributed by atoms with Crippen LogP contribution in [0.4, 0.5) is 0 Å². The van der Waals surface area contributed by atoms with Crippen molar-refractivity contribution in [1.82, 2.24) is 0 Å². The molecule has 2 aromatic carbocycles. The van der Waals surface area contributed by atoms with Gasteiger partial charge in [-0.25, -0.2) is 0 Å². The van der Waals surface area contributed by atoms with Crippen LogP contribution in [0.2, 0.25) is 0 Å². The average Bonchev–Trinajstić information content (AvgIpc) is 3.10. The fraction of sp³-hybridized carbons (Fsp3) is 0.158. The highest BCUT2D eigenvalue weighted by atomic mass is 32.1. The van der Waals surface area contributed by atoms with Gasteiger partial charge in [-0.3, -0.25) is 0 Å². The molecule has 3 nitrogen and oxygen atoms in total. The van der Waals surface area contributed by atoms with Crippen LogP contribution in [0.15, 0.2) is 53.9 Å². The highest BCUT2D eigenvalue weighted by molar-refractivity contribution is 7.14. The Bertz CT molecular complexity index is 791. The van der Waals surface area contributed by atoms with Crippen molar-refractivity contribution >= 4 is 11.3 Å². The van der Waals surface area contributed by atoms with Crippen molar-refractivity contribution < 1.29 is 14.2 Å². The third kappa shape index (κ3) is 2.90. The number of methoxy groups -OCH3 is 3. The van der Waals surface area contributed by atoms with E-state index in [1.54, 1.807) is 32.7 Å². The minimum atomic E-state index is 0.733. The van der Waals surface area contributed by atoms with E-state index in [1.807, 2.05) is 24.3 Å². The predicted octanol–water partition coefficient (Wildman–Crippen LogP) is 5.11. The minimum Gasteiger partial charge on any atom is -0.497 e. The van der Waals surface area contributed by atoms with Gasteiger partial charge in [-0.15, -0.1) is 11.3 Å². The quantitative estimate of drug-likeness (QED) is 0.652. The van der Waals surface area contributed by atoms with Crippen LogP contribution >= 0.6 is 11.3 Å². The molecule has 0 bridgehead atoms. The lowest BCUT2D eigenvalue weighted by Gasteiger charge is -2.13. The average molecular weight is 326 g/mol. The van der Waals surface area contributed by atoms with Crippen molar-refractivity contribution in [2.24, 2.45) is 0 Å². The Hall–Kier alpha value is -2.46. The molecule has 3 aromatic rings. The van der Waals surface area contributed by atoms with Crippen LogP contribution < -0.4 is 14.2 Å². The smallest absolute Gasteiger partial charge is 0.168 e. The third-order valence-corrected chi connectivity index (χ3v) is 4.67. The van der Waals surface area contributed by atoms with Gasteiger partial charge in [0.2, 0.25) is 0 Å². The molecule has 0 atom stereocenters. The molecule has 0 aliphatic carbocycles. The number of hydrogen-bond donors (Lipinski definition) is 0. The second-order valence-electron chi connectivity index (χ2n) is 4.93. The monoisotopic (exact) mass is 326 g/mol. The van der Waals surface area contributed by atoms with Gasteiger partial charge in [0.1, 0.15) is 5.75 Å². The summed E-state index contributed by atoms with van der Waals surface area (Å²) in [6.07, 6.45) is 0. The van der Waals surface area contributed by atoms with Crippen LogP contribution in [-0.4, -0.2) is 21.3 Å². The van der Waals surface area contributed by atoms with Crippen molar-refractivity contribution in [2.75, 3.05) is 21.3 Å². The van der Waals surface area contributed by atoms with Gasteiger partial charge in [0, 0.05) is 16.0 Å². The van der Waals surface area contributed by atoms with E-state index in [1.165, 1.54) is 4.88 Å². The predicted molar refractivity (Wildman–Crippen MR) is 94.8 cm³/mol. The summed E-state index contributed by atoms with van der Waals surface area (Å²) < 4.78 is 16.2. The number of benzene rings is 2. The van der Waals surface area contributed by atoms with Gasteiger partial charge < -0.3 is 14.2 Å². The first-order valence-electron chi connectivity index (χ1n) is 7.21. The molecule has 0 amide bonds. The fourth-order valence-corrected chi connectivity index (χ4v) is 3.50. The highest BCUT2D eigenvalue weighted by Crippen LogP contribution is 2.44. The van der Waals surface area contributed by atoms with Crippen LogP contribution in [-0.2, 0) is 0 Å². The summed E-state index contributed by atoms with van der Waals surface area (Å²) in [6, 6.07) is 16.1. The summed E-state index contributed by atoms with van der Waals surface area (Å²) in [7, 11) is 4.99. The van der Waals surface area contributed by atoms with Crippen molar-refractivity contribution in [2.45, 2.75) is 0 Å².